The molecular formula is C19H27N3O6S. The van der Waals surface area contributed by atoms with Gasteiger partial charge in [0.15, 0.2) is 0 Å². The van der Waals surface area contributed by atoms with Crippen molar-refractivity contribution in [2.24, 2.45) is 0 Å². The van der Waals surface area contributed by atoms with Crippen LogP contribution >= 0.6 is 0 Å². The molecule has 0 unspecified atom stereocenters. The van der Waals surface area contributed by atoms with Crippen molar-refractivity contribution in [1.29, 1.82) is 0 Å². The molecule has 9 nitrogen and oxygen atoms in total. The quantitative estimate of drug-likeness (QED) is 0.646. The smallest absolute Gasteiger partial charge is 0.309 e. The standard InChI is InChI=1S/C19H27N3O6S/c1-27-15-7-9-16(10-8-15)29(25,26)22-11-4-12-28-17(22)13-20-18(23)19(24)21-14-5-2-3-6-14/h7-10,14,17H,2-6,11-13H2,1H3,(H,20,23)(H,21,24)/t17-/m0/s1. The van der Waals surface area contributed by atoms with Crippen molar-refractivity contribution in [2.45, 2.75) is 49.3 Å². The summed E-state index contributed by atoms with van der Waals surface area (Å²) in [5, 5.41) is 5.20. The van der Waals surface area contributed by atoms with Crippen LogP contribution in [0.15, 0.2) is 29.2 Å². The van der Waals surface area contributed by atoms with Crippen LogP contribution in [0.25, 0.3) is 0 Å². The number of hydrogen-bond donors (Lipinski definition) is 2. The Balaban J connectivity index is 1.62. The Labute approximate surface area is 170 Å². The van der Waals surface area contributed by atoms with Gasteiger partial charge in [-0.2, -0.15) is 4.31 Å². The van der Waals surface area contributed by atoms with Crippen LogP contribution in [0.2, 0.25) is 0 Å². The van der Waals surface area contributed by atoms with E-state index in [1.54, 1.807) is 12.1 Å². The van der Waals surface area contributed by atoms with Gasteiger partial charge >= 0.3 is 11.8 Å². The lowest BCUT2D eigenvalue weighted by molar-refractivity contribution is -0.140. The summed E-state index contributed by atoms with van der Waals surface area (Å²) >= 11 is 0. The topological polar surface area (TPSA) is 114 Å². The number of nitrogens with one attached hydrogen (secondary N) is 2. The molecule has 10 heteroatoms. The van der Waals surface area contributed by atoms with Crippen LogP contribution in [0.1, 0.15) is 32.1 Å². The first-order valence-electron chi connectivity index (χ1n) is 9.78. The molecule has 1 saturated heterocycles. The molecule has 1 atom stereocenters. The van der Waals surface area contributed by atoms with Gasteiger partial charge in [0, 0.05) is 12.6 Å². The van der Waals surface area contributed by atoms with Crippen molar-refractivity contribution >= 4 is 21.8 Å². The van der Waals surface area contributed by atoms with Crippen molar-refractivity contribution in [3.05, 3.63) is 24.3 Å². The Hall–Kier alpha value is -2.17. The Kier molecular flexibility index (Phi) is 7.09. The minimum Gasteiger partial charge on any atom is -0.497 e. The lowest BCUT2D eigenvalue weighted by Crippen LogP contribution is -2.53. The van der Waals surface area contributed by atoms with E-state index in [4.69, 9.17) is 9.47 Å². The van der Waals surface area contributed by atoms with E-state index in [2.05, 4.69) is 10.6 Å². The molecule has 29 heavy (non-hydrogen) atoms. The van der Waals surface area contributed by atoms with Crippen molar-refractivity contribution < 1.29 is 27.5 Å². The van der Waals surface area contributed by atoms with Gasteiger partial charge in [-0.05, 0) is 43.5 Å². The van der Waals surface area contributed by atoms with Crippen molar-refractivity contribution in [2.75, 3.05) is 26.8 Å². The van der Waals surface area contributed by atoms with Crippen molar-refractivity contribution in [3.63, 3.8) is 0 Å². The molecule has 2 aliphatic rings. The number of benzene rings is 1. The Morgan fingerprint density at radius 3 is 2.48 bits per heavy atom. The number of ether oxygens (including phenoxy) is 2. The summed E-state index contributed by atoms with van der Waals surface area (Å²) in [4.78, 5) is 24.2. The second kappa shape index (κ2) is 9.55. The molecule has 2 fully saturated rings. The zero-order valence-electron chi connectivity index (χ0n) is 16.4. The van der Waals surface area contributed by atoms with Crippen molar-refractivity contribution in [1.82, 2.24) is 14.9 Å². The highest BCUT2D eigenvalue weighted by Crippen LogP contribution is 2.24. The van der Waals surface area contributed by atoms with Gasteiger partial charge in [0.05, 0.1) is 25.2 Å². The minimum absolute atomic E-state index is 0.0335. The Bertz CT molecular complexity index is 821. The fraction of sp³-hybridized carbons (Fsp3) is 0.579. The number of rotatable bonds is 6. The predicted molar refractivity (Wildman–Crippen MR) is 105 cm³/mol. The fourth-order valence-electron chi connectivity index (χ4n) is 3.57. The zero-order valence-corrected chi connectivity index (χ0v) is 17.2. The molecule has 1 aromatic rings. The molecule has 1 aliphatic heterocycles. The monoisotopic (exact) mass is 425 g/mol. The number of methoxy groups -OCH3 is 1. The van der Waals surface area contributed by atoms with Gasteiger partial charge in [-0.3, -0.25) is 9.59 Å². The summed E-state index contributed by atoms with van der Waals surface area (Å²) in [6, 6.07) is 6.11. The highest BCUT2D eigenvalue weighted by molar-refractivity contribution is 7.89. The number of hydrogen-bond acceptors (Lipinski definition) is 6. The van der Waals surface area contributed by atoms with Gasteiger partial charge in [0.1, 0.15) is 12.0 Å². The third kappa shape index (κ3) is 5.26. The highest BCUT2D eigenvalue weighted by atomic mass is 32.2. The van der Waals surface area contributed by atoms with Crippen LogP contribution < -0.4 is 15.4 Å². The Morgan fingerprint density at radius 2 is 1.83 bits per heavy atom. The van der Waals surface area contributed by atoms with Gasteiger partial charge < -0.3 is 20.1 Å². The van der Waals surface area contributed by atoms with E-state index in [0.29, 0.717) is 18.8 Å². The number of carbonyl (C=O) groups is 2. The molecule has 3 rings (SSSR count). The van der Waals surface area contributed by atoms with Crippen molar-refractivity contribution in [3.8, 4) is 5.75 Å². The van der Waals surface area contributed by atoms with Crippen LogP contribution in [-0.2, 0) is 24.3 Å². The van der Waals surface area contributed by atoms with Gasteiger partial charge in [0.2, 0.25) is 10.0 Å². The number of carbonyl (C=O) groups excluding carboxylic acids is 2. The average molecular weight is 426 g/mol. The minimum atomic E-state index is -3.82. The van der Waals surface area contributed by atoms with Gasteiger partial charge in [-0.25, -0.2) is 8.42 Å². The van der Waals surface area contributed by atoms with Crippen LogP contribution in [0.4, 0.5) is 0 Å². The molecule has 0 radical (unpaired) electrons. The van der Waals surface area contributed by atoms with Crippen LogP contribution in [0.3, 0.4) is 0 Å². The van der Waals surface area contributed by atoms with Crippen LogP contribution in [-0.4, -0.2) is 63.6 Å². The lowest BCUT2D eigenvalue weighted by atomic mass is 10.2. The van der Waals surface area contributed by atoms with Crippen LogP contribution in [0, 0.1) is 0 Å². The first kappa shape index (κ1) is 21.5. The van der Waals surface area contributed by atoms with Gasteiger partial charge in [0.25, 0.3) is 0 Å². The van der Waals surface area contributed by atoms with E-state index >= 15 is 0 Å². The maximum atomic E-state index is 13.0. The van der Waals surface area contributed by atoms with Crippen LogP contribution in [0.5, 0.6) is 5.75 Å². The van der Waals surface area contributed by atoms with E-state index in [0.717, 1.165) is 25.7 Å². The summed E-state index contributed by atoms with van der Waals surface area (Å²) in [7, 11) is -2.32. The molecule has 0 spiro atoms. The number of amides is 2. The second-order valence-corrected chi connectivity index (χ2v) is 9.03. The first-order chi connectivity index (χ1) is 13.9. The van der Waals surface area contributed by atoms with E-state index in [1.807, 2.05) is 0 Å². The molecule has 160 valence electrons. The van der Waals surface area contributed by atoms with E-state index < -0.39 is 28.1 Å². The average Bonchev–Trinajstić information content (AvgIpc) is 3.25. The Morgan fingerprint density at radius 1 is 1.14 bits per heavy atom. The van der Waals surface area contributed by atoms with E-state index in [9.17, 15) is 18.0 Å². The molecular weight excluding hydrogens is 398 g/mol. The molecule has 1 aliphatic carbocycles. The zero-order chi connectivity index (χ0) is 20.9. The normalized spacial score (nSPS) is 20.9. The first-order valence-corrected chi connectivity index (χ1v) is 11.2. The van der Waals surface area contributed by atoms with Gasteiger partial charge in [-0.1, -0.05) is 12.8 Å². The molecule has 0 aromatic heterocycles. The molecule has 1 aromatic carbocycles. The summed E-state index contributed by atoms with van der Waals surface area (Å²) in [6.45, 7) is 0.541. The molecule has 0 bridgehead atoms. The summed E-state index contributed by atoms with van der Waals surface area (Å²) in [5.41, 5.74) is 0. The molecule has 1 saturated carbocycles. The largest absolute Gasteiger partial charge is 0.497 e. The third-order valence-electron chi connectivity index (χ3n) is 5.15. The summed E-state index contributed by atoms with van der Waals surface area (Å²) in [5.74, 6) is -0.930. The van der Waals surface area contributed by atoms with E-state index in [1.165, 1.54) is 23.5 Å². The maximum absolute atomic E-state index is 13.0. The highest BCUT2D eigenvalue weighted by Gasteiger charge is 2.35. The van der Waals surface area contributed by atoms with E-state index in [-0.39, 0.29) is 24.0 Å². The molecule has 1 heterocycles. The SMILES string of the molecule is COc1ccc(S(=O)(=O)N2CCCO[C@H]2CNC(=O)C(=O)NC2CCCC2)cc1. The molecule has 2 amide bonds. The summed E-state index contributed by atoms with van der Waals surface area (Å²) < 4.78 is 37.9. The maximum Gasteiger partial charge on any atom is 0.309 e. The molecule has 2 N–H and O–H groups in total. The number of sulfonamides is 1. The summed E-state index contributed by atoms with van der Waals surface area (Å²) in [6.07, 6.45) is 3.50. The second-order valence-electron chi connectivity index (χ2n) is 7.14. The lowest BCUT2D eigenvalue weighted by Gasteiger charge is -2.34. The van der Waals surface area contributed by atoms with Gasteiger partial charge in [-0.15, -0.1) is 0 Å². The number of nitrogens with zero attached hydrogens (tertiary/aromatic N) is 1. The third-order valence-corrected chi connectivity index (χ3v) is 7.06. The fourth-order valence-corrected chi connectivity index (χ4v) is 5.13. The predicted octanol–water partition coefficient (Wildman–Crippen LogP) is 0.607.